The molecule has 6 heteroatoms. The first kappa shape index (κ1) is 15.9. The van der Waals surface area contributed by atoms with Crippen molar-refractivity contribution in [3.8, 4) is 5.75 Å². The van der Waals surface area contributed by atoms with Gasteiger partial charge in [-0.15, -0.1) is 0 Å². The van der Waals surface area contributed by atoms with Gasteiger partial charge in [0.05, 0.1) is 11.5 Å². The molecule has 122 valence electrons. The molecule has 0 radical (unpaired) electrons. The van der Waals surface area contributed by atoms with Gasteiger partial charge in [-0.3, -0.25) is 9.59 Å². The molecule has 0 aromatic heterocycles. The Bertz CT molecular complexity index is 685. The highest BCUT2D eigenvalue weighted by atomic mass is 35.5. The second-order valence-electron chi connectivity index (χ2n) is 6.10. The normalized spacial score (nSPS) is 23.6. The van der Waals surface area contributed by atoms with Gasteiger partial charge in [0.2, 0.25) is 0 Å². The molecule has 1 fully saturated rings. The minimum atomic E-state index is -0.784. The summed E-state index contributed by atoms with van der Waals surface area (Å²) in [4.78, 5) is 25.5. The summed E-state index contributed by atoms with van der Waals surface area (Å²) in [7, 11) is 0. The van der Waals surface area contributed by atoms with Crippen LogP contribution in [0.3, 0.4) is 0 Å². The zero-order valence-electron chi connectivity index (χ0n) is 12.8. The standard InChI is InChI=1S/C17H18ClNO4/c1-10-8-19(5-4-14(10)17(21)22)16(20)12-6-11-7-13(18)2-3-15(11)23-9-12/h2-3,6-7,10,14H,4-5,8-9H2,1H3,(H,21,22). The summed E-state index contributed by atoms with van der Waals surface area (Å²) < 4.78 is 5.62. The first-order chi connectivity index (χ1) is 11.0. The summed E-state index contributed by atoms with van der Waals surface area (Å²) in [5.74, 6) is -0.601. The van der Waals surface area contributed by atoms with Gasteiger partial charge in [-0.1, -0.05) is 18.5 Å². The van der Waals surface area contributed by atoms with Crippen LogP contribution >= 0.6 is 11.6 Å². The van der Waals surface area contributed by atoms with E-state index in [0.29, 0.717) is 35.9 Å². The number of ether oxygens (including phenoxy) is 1. The molecule has 1 aromatic carbocycles. The van der Waals surface area contributed by atoms with Crippen molar-refractivity contribution < 1.29 is 19.4 Å². The maximum atomic E-state index is 12.7. The number of hydrogen-bond acceptors (Lipinski definition) is 3. The van der Waals surface area contributed by atoms with Gasteiger partial charge in [-0.25, -0.2) is 0 Å². The number of fused-ring (bicyclic) bond motifs is 1. The van der Waals surface area contributed by atoms with Crippen LogP contribution in [0.2, 0.25) is 5.02 Å². The van der Waals surface area contributed by atoms with Crippen molar-refractivity contribution in [2.45, 2.75) is 13.3 Å². The van der Waals surface area contributed by atoms with E-state index in [1.54, 1.807) is 29.2 Å². The molecule has 2 aliphatic heterocycles. The van der Waals surface area contributed by atoms with Gasteiger partial charge in [0.1, 0.15) is 12.4 Å². The first-order valence-electron chi connectivity index (χ1n) is 7.60. The lowest BCUT2D eigenvalue weighted by atomic mass is 9.86. The fourth-order valence-corrected chi connectivity index (χ4v) is 3.35. The molecular formula is C17H18ClNO4. The third-order valence-corrected chi connectivity index (χ3v) is 4.70. The highest BCUT2D eigenvalue weighted by Gasteiger charge is 2.34. The van der Waals surface area contributed by atoms with E-state index in [9.17, 15) is 14.7 Å². The van der Waals surface area contributed by atoms with E-state index in [-0.39, 0.29) is 24.3 Å². The number of nitrogens with zero attached hydrogens (tertiary/aromatic N) is 1. The highest BCUT2D eigenvalue weighted by Crippen LogP contribution is 2.31. The zero-order valence-corrected chi connectivity index (χ0v) is 13.5. The molecule has 5 nitrogen and oxygen atoms in total. The SMILES string of the molecule is CC1CN(C(=O)C2=Cc3cc(Cl)ccc3OC2)CCC1C(=O)O. The zero-order chi connectivity index (χ0) is 16.6. The number of rotatable bonds is 2. The van der Waals surface area contributed by atoms with Crippen molar-refractivity contribution >= 4 is 29.6 Å². The average molecular weight is 336 g/mol. The first-order valence-corrected chi connectivity index (χ1v) is 7.98. The van der Waals surface area contributed by atoms with Crippen molar-refractivity contribution in [3.63, 3.8) is 0 Å². The number of carboxylic acid groups (broad SMARTS) is 1. The van der Waals surface area contributed by atoms with Crippen molar-refractivity contribution in [2.75, 3.05) is 19.7 Å². The molecule has 2 atom stereocenters. The molecule has 2 aliphatic rings. The number of carboxylic acids is 1. The Kier molecular flexibility index (Phi) is 4.31. The predicted molar refractivity (Wildman–Crippen MR) is 86.4 cm³/mol. The van der Waals surface area contributed by atoms with Crippen LogP contribution in [0, 0.1) is 11.8 Å². The Balaban J connectivity index is 1.76. The smallest absolute Gasteiger partial charge is 0.306 e. The van der Waals surface area contributed by atoms with E-state index in [1.165, 1.54) is 0 Å². The number of aliphatic carboxylic acids is 1. The molecule has 1 amide bonds. The number of likely N-dealkylation sites (tertiary alicyclic amines) is 1. The maximum Gasteiger partial charge on any atom is 0.306 e. The summed E-state index contributed by atoms with van der Waals surface area (Å²) in [6, 6.07) is 5.30. The molecule has 0 aliphatic carbocycles. The topological polar surface area (TPSA) is 66.8 Å². The number of benzene rings is 1. The molecule has 1 aromatic rings. The molecule has 1 N–H and O–H groups in total. The Labute approximate surface area is 139 Å². The van der Waals surface area contributed by atoms with Gasteiger partial charge in [-0.05, 0) is 36.6 Å². The lowest BCUT2D eigenvalue weighted by Crippen LogP contribution is -2.46. The Morgan fingerprint density at radius 1 is 1.39 bits per heavy atom. The third kappa shape index (κ3) is 3.20. The van der Waals surface area contributed by atoms with E-state index >= 15 is 0 Å². The van der Waals surface area contributed by atoms with Crippen molar-refractivity contribution in [1.82, 2.24) is 4.90 Å². The molecule has 2 heterocycles. The summed E-state index contributed by atoms with van der Waals surface area (Å²) >= 11 is 5.98. The number of piperidine rings is 1. The van der Waals surface area contributed by atoms with Crippen LogP contribution in [-0.4, -0.2) is 41.6 Å². The summed E-state index contributed by atoms with van der Waals surface area (Å²) in [5, 5.41) is 9.76. The van der Waals surface area contributed by atoms with Crippen LogP contribution in [-0.2, 0) is 9.59 Å². The van der Waals surface area contributed by atoms with E-state index in [0.717, 1.165) is 5.56 Å². The number of halogens is 1. The van der Waals surface area contributed by atoms with Crippen LogP contribution < -0.4 is 4.74 Å². The van der Waals surface area contributed by atoms with Crippen LogP contribution in [0.1, 0.15) is 18.9 Å². The summed E-state index contributed by atoms with van der Waals surface area (Å²) in [5.41, 5.74) is 1.36. The third-order valence-electron chi connectivity index (χ3n) is 4.47. The van der Waals surface area contributed by atoms with E-state index in [4.69, 9.17) is 16.3 Å². The van der Waals surface area contributed by atoms with Crippen LogP contribution in [0.5, 0.6) is 5.75 Å². The van der Waals surface area contributed by atoms with Gasteiger partial charge in [0.15, 0.2) is 0 Å². The maximum absolute atomic E-state index is 12.7. The Morgan fingerprint density at radius 3 is 2.87 bits per heavy atom. The fraction of sp³-hybridized carbons (Fsp3) is 0.412. The fourth-order valence-electron chi connectivity index (χ4n) is 3.17. The minimum absolute atomic E-state index is 0.0583. The Hall–Kier alpha value is -2.01. The highest BCUT2D eigenvalue weighted by molar-refractivity contribution is 6.30. The van der Waals surface area contributed by atoms with E-state index in [2.05, 4.69) is 0 Å². The van der Waals surface area contributed by atoms with Crippen LogP contribution in [0.25, 0.3) is 6.08 Å². The average Bonchev–Trinajstić information content (AvgIpc) is 2.53. The summed E-state index contributed by atoms with van der Waals surface area (Å²) in [6.07, 6.45) is 2.29. The number of carbonyl (C=O) groups excluding carboxylic acids is 1. The molecular weight excluding hydrogens is 318 g/mol. The quantitative estimate of drug-likeness (QED) is 0.902. The molecule has 0 spiro atoms. The minimum Gasteiger partial charge on any atom is -0.488 e. The van der Waals surface area contributed by atoms with Gasteiger partial charge < -0.3 is 14.7 Å². The molecule has 1 saturated heterocycles. The molecule has 0 saturated carbocycles. The second kappa shape index (κ2) is 6.24. The molecule has 0 bridgehead atoms. The molecule has 23 heavy (non-hydrogen) atoms. The van der Waals surface area contributed by atoms with Crippen LogP contribution in [0.4, 0.5) is 0 Å². The lowest BCUT2D eigenvalue weighted by Gasteiger charge is -2.35. The van der Waals surface area contributed by atoms with Gasteiger partial charge in [-0.2, -0.15) is 0 Å². The van der Waals surface area contributed by atoms with Crippen LogP contribution in [0.15, 0.2) is 23.8 Å². The van der Waals surface area contributed by atoms with Gasteiger partial charge in [0.25, 0.3) is 5.91 Å². The monoisotopic (exact) mass is 335 g/mol. The van der Waals surface area contributed by atoms with Crippen molar-refractivity contribution in [1.29, 1.82) is 0 Å². The number of carbonyl (C=O) groups is 2. The Morgan fingerprint density at radius 2 is 2.17 bits per heavy atom. The molecule has 3 rings (SSSR count). The van der Waals surface area contributed by atoms with Gasteiger partial charge >= 0.3 is 5.97 Å². The predicted octanol–water partition coefficient (Wildman–Crippen LogP) is 2.69. The number of amides is 1. The number of hydrogen-bond donors (Lipinski definition) is 1. The van der Waals surface area contributed by atoms with Crippen molar-refractivity contribution in [3.05, 3.63) is 34.4 Å². The summed E-state index contributed by atoms with van der Waals surface area (Å²) in [6.45, 7) is 3.01. The molecule has 2 unspecified atom stereocenters. The van der Waals surface area contributed by atoms with Gasteiger partial charge in [0, 0.05) is 23.7 Å². The van der Waals surface area contributed by atoms with Crippen molar-refractivity contribution in [2.24, 2.45) is 11.8 Å². The lowest BCUT2D eigenvalue weighted by molar-refractivity contribution is -0.147. The van der Waals surface area contributed by atoms with E-state index < -0.39 is 5.97 Å². The second-order valence-corrected chi connectivity index (χ2v) is 6.54. The van der Waals surface area contributed by atoms with E-state index in [1.807, 2.05) is 6.92 Å². The largest absolute Gasteiger partial charge is 0.488 e.